The third-order valence-corrected chi connectivity index (χ3v) is 4.40. The molecule has 5 heteroatoms. The maximum atomic E-state index is 5.25. The fourth-order valence-electron chi connectivity index (χ4n) is 2.27. The summed E-state index contributed by atoms with van der Waals surface area (Å²) in [5.74, 6) is 0.839. The quantitative estimate of drug-likeness (QED) is 0.603. The standard InChI is InChI=1S/C18H25N3OS/c1-4-19-18(21-12-17-10-9-14(2)23-17)20-11-15-7-5-6-8-16(15)13-22-3/h5-10H,4,11-13H2,1-3H3,(H2,19,20,21). The third-order valence-electron chi connectivity index (χ3n) is 3.40. The molecule has 0 saturated carbocycles. The van der Waals surface area contributed by atoms with E-state index in [0.29, 0.717) is 13.2 Å². The number of nitrogens with one attached hydrogen (secondary N) is 2. The highest BCUT2D eigenvalue weighted by Crippen LogP contribution is 2.14. The van der Waals surface area contributed by atoms with Crippen LogP contribution in [0.2, 0.25) is 0 Å². The van der Waals surface area contributed by atoms with Crippen molar-refractivity contribution in [3.8, 4) is 0 Å². The van der Waals surface area contributed by atoms with Crippen LogP contribution >= 0.6 is 11.3 Å². The monoisotopic (exact) mass is 331 g/mol. The summed E-state index contributed by atoms with van der Waals surface area (Å²) in [6, 6.07) is 12.6. The normalized spacial score (nSPS) is 11.5. The Morgan fingerprint density at radius 2 is 1.91 bits per heavy atom. The summed E-state index contributed by atoms with van der Waals surface area (Å²) in [4.78, 5) is 7.34. The van der Waals surface area contributed by atoms with Crippen molar-refractivity contribution in [2.45, 2.75) is 33.5 Å². The lowest BCUT2D eigenvalue weighted by molar-refractivity contribution is 0.184. The minimum absolute atomic E-state index is 0.615. The molecule has 0 fully saturated rings. The van der Waals surface area contributed by atoms with Crippen LogP contribution in [-0.4, -0.2) is 19.6 Å². The lowest BCUT2D eigenvalue weighted by atomic mass is 10.1. The van der Waals surface area contributed by atoms with Gasteiger partial charge in [-0.3, -0.25) is 0 Å². The second-order valence-corrected chi connectivity index (χ2v) is 6.64. The summed E-state index contributed by atoms with van der Waals surface area (Å²) in [6.07, 6.45) is 0. The highest BCUT2D eigenvalue weighted by molar-refractivity contribution is 7.11. The van der Waals surface area contributed by atoms with E-state index < -0.39 is 0 Å². The fourth-order valence-corrected chi connectivity index (χ4v) is 3.10. The molecular formula is C18H25N3OS. The van der Waals surface area contributed by atoms with Gasteiger partial charge in [0.05, 0.1) is 19.7 Å². The highest BCUT2D eigenvalue weighted by atomic mass is 32.1. The van der Waals surface area contributed by atoms with Crippen LogP contribution in [-0.2, 0) is 24.4 Å². The number of hydrogen-bond acceptors (Lipinski definition) is 3. The molecule has 0 radical (unpaired) electrons. The summed E-state index contributed by atoms with van der Waals surface area (Å²) in [5.41, 5.74) is 2.38. The zero-order valence-electron chi connectivity index (χ0n) is 14.1. The molecule has 1 heterocycles. The Labute approximate surface area is 142 Å². The van der Waals surface area contributed by atoms with E-state index in [1.165, 1.54) is 20.9 Å². The summed E-state index contributed by atoms with van der Waals surface area (Å²) in [5, 5.41) is 6.68. The van der Waals surface area contributed by atoms with Crippen molar-refractivity contribution in [3.05, 3.63) is 57.3 Å². The van der Waals surface area contributed by atoms with Crippen LogP contribution < -0.4 is 10.6 Å². The molecule has 0 aliphatic rings. The van der Waals surface area contributed by atoms with E-state index in [9.17, 15) is 0 Å². The third kappa shape index (κ3) is 5.69. The summed E-state index contributed by atoms with van der Waals surface area (Å²) < 4.78 is 5.25. The van der Waals surface area contributed by atoms with Gasteiger partial charge in [0, 0.05) is 23.4 Å². The van der Waals surface area contributed by atoms with Crippen molar-refractivity contribution < 1.29 is 4.74 Å². The van der Waals surface area contributed by atoms with Crippen LogP contribution in [0.5, 0.6) is 0 Å². The molecular weight excluding hydrogens is 306 g/mol. The first kappa shape index (κ1) is 17.5. The van der Waals surface area contributed by atoms with Crippen LogP contribution in [0.4, 0.5) is 0 Å². The van der Waals surface area contributed by atoms with Gasteiger partial charge in [0.15, 0.2) is 5.96 Å². The molecule has 1 aromatic carbocycles. The highest BCUT2D eigenvalue weighted by Gasteiger charge is 2.03. The van der Waals surface area contributed by atoms with Crippen molar-refractivity contribution in [1.29, 1.82) is 0 Å². The SMILES string of the molecule is CCNC(=NCc1ccccc1COC)NCc1ccc(C)s1. The van der Waals surface area contributed by atoms with E-state index in [1.54, 1.807) is 7.11 Å². The minimum atomic E-state index is 0.615. The number of aliphatic imine (C=N–C) groups is 1. The van der Waals surface area contributed by atoms with Crippen LogP contribution in [0, 0.1) is 6.92 Å². The van der Waals surface area contributed by atoms with Crippen molar-refractivity contribution in [2.75, 3.05) is 13.7 Å². The zero-order chi connectivity index (χ0) is 16.5. The number of hydrogen-bond donors (Lipinski definition) is 2. The Balaban J connectivity index is 2.00. The molecule has 124 valence electrons. The number of benzene rings is 1. The van der Waals surface area contributed by atoms with E-state index in [1.807, 2.05) is 23.5 Å². The Morgan fingerprint density at radius 3 is 2.57 bits per heavy atom. The molecule has 0 unspecified atom stereocenters. The predicted molar refractivity (Wildman–Crippen MR) is 97.9 cm³/mol. The average molecular weight is 331 g/mol. The smallest absolute Gasteiger partial charge is 0.191 e. The number of nitrogens with zero attached hydrogens (tertiary/aromatic N) is 1. The molecule has 0 saturated heterocycles. The molecule has 2 rings (SSSR count). The number of guanidine groups is 1. The number of thiophene rings is 1. The second kappa shape index (κ2) is 9.33. The van der Waals surface area contributed by atoms with Gasteiger partial charge in [0.25, 0.3) is 0 Å². The van der Waals surface area contributed by atoms with Gasteiger partial charge >= 0.3 is 0 Å². The number of aryl methyl sites for hydroxylation is 1. The van der Waals surface area contributed by atoms with Crippen LogP contribution in [0.1, 0.15) is 27.8 Å². The van der Waals surface area contributed by atoms with E-state index in [0.717, 1.165) is 19.0 Å². The number of methoxy groups -OCH3 is 1. The van der Waals surface area contributed by atoms with Gasteiger partial charge in [-0.25, -0.2) is 4.99 Å². The molecule has 0 spiro atoms. The van der Waals surface area contributed by atoms with Crippen molar-refractivity contribution in [1.82, 2.24) is 10.6 Å². The lowest BCUT2D eigenvalue weighted by Gasteiger charge is -2.11. The molecule has 0 bridgehead atoms. The minimum Gasteiger partial charge on any atom is -0.380 e. The van der Waals surface area contributed by atoms with Gasteiger partial charge in [-0.2, -0.15) is 0 Å². The molecule has 0 aliphatic carbocycles. The summed E-state index contributed by atoms with van der Waals surface area (Å²) in [6.45, 7) is 7.09. The predicted octanol–water partition coefficient (Wildman–Crippen LogP) is 3.46. The fraction of sp³-hybridized carbons (Fsp3) is 0.389. The first-order valence-electron chi connectivity index (χ1n) is 7.86. The van der Waals surface area contributed by atoms with Crippen molar-refractivity contribution >= 4 is 17.3 Å². The van der Waals surface area contributed by atoms with Gasteiger partial charge in [-0.05, 0) is 37.1 Å². The van der Waals surface area contributed by atoms with E-state index >= 15 is 0 Å². The molecule has 4 nitrogen and oxygen atoms in total. The average Bonchev–Trinajstić information content (AvgIpc) is 2.97. The van der Waals surface area contributed by atoms with E-state index in [-0.39, 0.29) is 0 Å². The Hall–Kier alpha value is -1.85. The Bertz CT molecular complexity index is 637. The maximum absolute atomic E-state index is 5.25. The van der Waals surface area contributed by atoms with Gasteiger partial charge < -0.3 is 15.4 Å². The Morgan fingerprint density at radius 1 is 1.13 bits per heavy atom. The molecule has 1 aromatic heterocycles. The zero-order valence-corrected chi connectivity index (χ0v) is 14.9. The second-order valence-electron chi connectivity index (χ2n) is 5.26. The lowest BCUT2D eigenvalue weighted by Crippen LogP contribution is -2.36. The van der Waals surface area contributed by atoms with E-state index in [2.05, 4.69) is 48.7 Å². The largest absolute Gasteiger partial charge is 0.380 e. The molecule has 23 heavy (non-hydrogen) atoms. The van der Waals surface area contributed by atoms with Gasteiger partial charge in [0.1, 0.15) is 0 Å². The molecule has 0 aliphatic heterocycles. The van der Waals surface area contributed by atoms with Crippen LogP contribution in [0.3, 0.4) is 0 Å². The van der Waals surface area contributed by atoms with Gasteiger partial charge in [-0.1, -0.05) is 24.3 Å². The van der Waals surface area contributed by atoms with E-state index in [4.69, 9.17) is 9.73 Å². The maximum Gasteiger partial charge on any atom is 0.191 e. The van der Waals surface area contributed by atoms with Crippen molar-refractivity contribution in [2.24, 2.45) is 4.99 Å². The molecule has 2 N–H and O–H groups in total. The molecule has 2 aromatic rings. The number of ether oxygens (including phenoxy) is 1. The summed E-state index contributed by atoms with van der Waals surface area (Å²) in [7, 11) is 1.72. The number of rotatable bonds is 7. The van der Waals surface area contributed by atoms with Gasteiger partial charge in [-0.15, -0.1) is 11.3 Å². The first-order valence-corrected chi connectivity index (χ1v) is 8.67. The van der Waals surface area contributed by atoms with Gasteiger partial charge in [0.2, 0.25) is 0 Å². The Kier molecular flexibility index (Phi) is 7.10. The van der Waals surface area contributed by atoms with Crippen LogP contribution in [0.15, 0.2) is 41.4 Å². The van der Waals surface area contributed by atoms with Crippen LogP contribution in [0.25, 0.3) is 0 Å². The molecule has 0 atom stereocenters. The summed E-state index contributed by atoms with van der Waals surface area (Å²) >= 11 is 1.81. The first-order chi connectivity index (χ1) is 11.2. The van der Waals surface area contributed by atoms with Crippen molar-refractivity contribution in [3.63, 3.8) is 0 Å². The molecule has 0 amide bonds. The topological polar surface area (TPSA) is 45.7 Å².